The van der Waals surface area contributed by atoms with Gasteiger partial charge in [0, 0.05) is 19.5 Å². The van der Waals surface area contributed by atoms with Gasteiger partial charge in [0.15, 0.2) is 0 Å². The second-order valence-electron chi connectivity index (χ2n) is 7.19. The molecule has 1 aliphatic carbocycles. The Bertz CT molecular complexity index is 665. The van der Waals surface area contributed by atoms with E-state index in [1.54, 1.807) is 4.90 Å². The molecule has 3 N–H and O–H groups in total. The Hall–Kier alpha value is -1.79. The molecule has 2 unspecified atom stereocenters. The molecule has 3 rings (SSSR count). The monoisotopic (exact) mass is 381 g/mol. The molecule has 2 atom stereocenters. The van der Waals surface area contributed by atoms with Gasteiger partial charge in [0.1, 0.15) is 5.75 Å². The normalized spacial score (nSPS) is 21.7. The Morgan fingerprint density at radius 3 is 2.69 bits per heavy atom. The summed E-state index contributed by atoms with van der Waals surface area (Å²) in [4.78, 5) is 26.9. The van der Waals surface area contributed by atoms with Crippen molar-refractivity contribution in [1.29, 1.82) is 0 Å². The van der Waals surface area contributed by atoms with Crippen LogP contribution in [0, 0.1) is 11.8 Å². The Morgan fingerprint density at radius 1 is 1.38 bits per heavy atom. The van der Waals surface area contributed by atoms with E-state index in [2.05, 4.69) is 5.32 Å². The van der Waals surface area contributed by atoms with Crippen LogP contribution in [0.25, 0.3) is 0 Å². The van der Waals surface area contributed by atoms with E-state index >= 15 is 0 Å². The summed E-state index contributed by atoms with van der Waals surface area (Å²) in [7, 11) is 0. The van der Waals surface area contributed by atoms with Crippen molar-refractivity contribution in [2.45, 2.75) is 38.6 Å². The second kappa shape index (κ2) is 8.27. The van der Waals surface area contributed by atoms with Gasteiger partial charge in [-0.05, 0) is 44.7 Å². The zero-order chi connectivity index (χ0) is 18.0. The maximum Gasteiger partial charge on any atom is 0.227 e. The number of rotatable bonds is 7. The third-order valence-corrected chi connectivity index (χ3v) is 5.26. The number of nitrogens with two attached hydrogens (primary N) is 1. The number of hydrogen-bond acceptors (Lipinski definition) is 4. The average molecular weight is 382 g/mol. The maximum atomic E-state index is 12.7. The standard InChI is InChI=1S/C19H27N3O3.ClH/c1-3-25-16-7-5-4-6-15(16)22-11-13(10-17(22)23)18(24)21-19(2,12-20)14-8-9-14;/h4-7,13-14H,3,8-12,20H2,1-2H3,(H,21,24);1H. The first-order valence-corrected chi connectivity index (χ1v) is 9.02. The van der Waals surface area contributed by atoms with E-state index < -0.39 is 0 Å². The highest BCUT2D eigenvalue weighted by molar-refractivity contribution is 6.01. The van der Waals surface area contributed by atoms with E-state index in [9.17, 15) is 9.59 Å². The first-order valence-electron chi connectivity index (χ1n) is 9.02. The number of hydrogen-bond donors (Lipinski definition) is 2. The molecule has 144 valence electrons. The molecule has 2 amide bonds. The number of nitrogens with one attached hydrogen (secondary N) is 1. The summed E-state index contributed by atoms with van der Waals surface area (Å²) in [6.07, 6.45) is 2.43. The first kappa shape index (κ1) is 20.5. The molecule has 6 nitrogen and oxygen atoms in total. The van der Waals surface area contributed by atoms with E-state index in [1.165, 1.54) is 0 Å². The zero-order valence-corrected chi connectivity index (χ0v) is 16.2. The summed E-state index contributed by atoms with van der Waals surface area (Å²) in [5.41, 5.74) is 6.25. The Labute approximate surface area is 160 Å². The molecule has 0 spiro atoms. The molecule has 0 radical (unpaired) electrons. The molecule has 1 aliphatic heterocycles. The molecule has 1 saturated heterocycles. The number of carbonyl (C=O) groups excluding carboxylic acids is 2. The lowest BCUT2D eigenvalue weighted by Crippen LogP contribution is -2.54. The van der Waals surface area contributed by atoms with Gasteiger partial charge in [-0.25, -0.2) is 0 Å². The van der Waals surface area contributed by atoms with E-state index in [-0.39, 0.29) is 42.1 Å². The number of para-hydroxylation sites is 2. The zero-order valence-electron chi connectivity index (χ0n) is 15.4. The number of anilines is 1. The second-order valence-corrected chi connectivity index (χ2v) is 7.19. The number of benzene rings is 1. The van der Waals surface area contributed by atoms with Crippen LogP contribution < -0.4 is 20.7 Å². The lowest BCUT2D eigenvalue weighted by atomic mass is 9.94. The minimum atomic E-state index is -0.364. The SMILES string of the molecule is CCOc1ccccc1N1CC(C(=O)NC(C)(CN)C2CC2)CC1=O.Cl. The summed E-state index contributed by atoms with van der Waals surface area (Å²) in [5, 5.41) is 3.11. The van der Waals surface area contributed by atoms with Crippen molar-refractivity contribution in [3.8, 4) is 5.75 Å². The predicted octanol–water partition coefficient (Wildman–Crippen LogP) is 2.10. The van der Waals surface area contributed by atoms with Gasteiger partial charge >= 0.3 is 0 Å². The molecular formula is C19H28ClN3O3. The van der Waals surface area contributed by atoms with Crippen LogP contribution in [0.15, 0.2) is 24.3 Å². The summed E-state index contributed by atoms with van der Waals surface area (Å²) >= 11 is 0. The van der Waals surface area contributed by atoms with Gasteiger partial charge in [0.2, 0.25) is 11.8 Å². The lowest BCUT2D eigenvalue weighted by molar-refractivity contribution is -0.128. The van der Waals surface area contributed by atoms with E-state index in [4.69, 9.17) is 10.5 Å². The summed E-state index contributed by atoms with van der Waals surface area (Å²) < 4.78 is 5.62. The van der Waals surface area contributed by atoms with Crippen molar-refractivity contribution < 1.29 is 14.3 Å². The molecule has 7 heteroatoms. The van der Waals surface area contributed by atoms with E-state index in [1.807, 2.05) is 38.1 Å². The Balaban J connectivity index is 0.00000243. The van der Waals surface area contributed by atoms with Gasteiger partial charge in [-0.1, -0.05) is 12.1 Å². The first-order chi connectivity index (χ1) is 12.0. The largest absolute Gasteiger partial charge is 0.492 e. The van der Waals surface area contributed by atoms with E-state index in [0.29, 0.717) is 31.4 Å². The highest BCUT2D eigenvalue weighted by atomic mass is 35.5. The minimum absolute atomic E-state index is 0. The molecule has 26 heavy (non-hydrogen) atoms. The van der Waals surface area contributed by atoms with Crippen LogP contribution in [0.4, 0.5) is 5.69 Å². The molecule has 0 aromatic heterocycles. The Kier molecular flexibility index (Phi) is 6.53. The number of amides is 2. The molecule has 1 aromatic carbocycles. The van der Waals surface area contributed by atoms with Gasteiger partial charge in [-0.3, -0.25) is 9.59 Å². The summed E-state index contributed by atoms with van der Waals surface area (Å²) in [6.45, 7) is 5.23. The third kappa shape index (κ3) is 4.13. The third-order valence-electron chi connectivity index (χ3n) is 5.26. The molecular weight excluding hydrogens is 354 g/mol. The number of carbonyl (C=O) groups is 2. The summed E-state index contributed by atoms with van der Waals surface area (Å²) in [5.74, 6) is 0.641. The van der Waals surface area contributed by atoms with Gasteiger partial charge in [-0.2, -0.15) is 0 Å². The lowest BCUT2D eigenvalue weighted by Gasteiger charge is -2.30. The Morgan fingerprint density at radius 2 is 2.08 bits per heavy atom. The van der Waals surface area contributed by atoms with Crippen molar-refractivity contribution in [2.24, 2.45) is 17.6 Å². The van der Waals surface area contributed by atoms with Crippen LogP contribution in [-0.2, 0) is 9.59 Å². The minimum Gasteiger partial charge on any atom is -0.492 e. The molecule has 2 aliphatic rings. The van der Waals surface area contributed by atoms with Gasteiger partial charge in [-0.15, -0.1) is 12.4 Å². The topological polar surface area (TPSA) is 84.7 Å². The predicted molar refractivity (Wildman–Crippen MR) is 104 cm³/mol. The van der Waals surface area contributed by atoms with Crippen molar-refractivity contribution in [3.05, 3.63) is 24.3 Å². The van der Waals surface area contributed by atoms with Crippen LogP contribution in [0.3, 0.4) is 0 Å². The van der Waals surface area contributed by atoms with Crippen LogP contribution in [0.1, 0.15) is 33.1 Å². The smallest absolute Gasteiger partial charge is 0.227 e. The van der Waals surface area contributed by atoms with Crippen LogP contribution in [0.2, 0.25) is 0 Å². The van der Waals surface area contributed by atoms with Crippen LogP contribution >= 0.6 is 12.4 Å². The molecule has 2 fully saturated rings. The fourth-order valence-electron chi connectivity index (χ4n) is 3.50. The van der Waals surface area contributed by atoms with Crippen LogP contribution in [0.5, 0.6) is 5.75 Å². The highest BCUT2D eigenvalue weighted by Gasteiger charge is 2.44. The maximum absolute atomic E-state index is 12.7. The number of ether oxygens (including phenoxy) is 1. The van der Waals surface area contributed by atoms with Gasteiger partial charge in [0.25, 0.3) is 0 Å². The van der Waals surface area contributed by atoms with Crippen molar-refractivity contribution in [2.75, 3.05) is 24.6 Å². The van der Waals surface area contributed by atoms with Crippen LogP contribution in [-0.4, -0.2) is 37.0 Å². The van der Waals surface area contributed by atoms with Crippen molar-refractivity contribution in [1.82, 2.24) is 5.32 Å². The highest BCUT2D eigenvalue weighted by Crippen LogP contribution is 2.39. The fraction of sp³-hybridized carbons (Fsp3) is 0.579. The quantitative estimate of drug-likeness (QED) is 0.757. The van der Waals surface area contributed by atoms with Crippen molar-refractivity contribution in [3.63, 3.8) is 0 Å². The van der Waals surface area contributed by atoms with Gasteiger partial charge < -0.3 is 20.7 Å². The fourth-order valence-corrected chi connectivity index (χ4v) is 3.50. The van der Waals surface area contributed by atoms with Crippen molar-refractivity contribution >= 4 is 29.9 Å². The number of nitrogens with zero attached hydrogens (tertiary/aromatic N) is 1. The van der Waals surface area contributed by atoms with E-state index in [0.717, 1.165) is 18.5 Å². The summed E-state index contributed by atoms with van der Waals surface area (Å²) in [6, 6.07) is 7.45. The molecule has 1 heterocycles. The molecule has 1 saturated carbocycles. The number of halogens is 1. The molecule has 1 aromatic rings. The average Bonchev–Trinajstić information content (AvgIpc) is 3.39. The molecule has 0 bridgehead atoms. The van der Waals surface area contributed by atoms with Gasteiger partial charge in [0.05, 0.1) is 23.8 Å².